The number of hydrogen-bond acceptors (Lipinski definition) is 4. The third-order valence-corrected chi connectivity index (χ3v) is 4.29. The van der Waals surface area contributed by atoms with E-state index in [0.29, 0.717) is 22.1 Å². The molecule has 2 rings (SSSR count). The van der Waals surface area contributed by atoms with Crippen molar-refractivity contribution in [1.29, 1.82) is 0 Å². The number of carboxylic acids is 1. The van der Waals surface area contributed by atoms with E-state index in [1.54, 1.807) is 0 Å². The fourth-order valence-corrected chi connectivity index (χ4v) is 3.32. The highest BCUT2D eigenvalue weighted by Gasteiger charge is 2.17. The number of aryl methyl sites for hydroxylation is 4. The number of benzene rings is 1. The van der Waals surface area contributed by atoms with E-state index >= 15 is 0 Å². The van der Waals surface area contributed by atoms with Crippen molar-refractivity contribution < 1.29 is 9.90 Å². The van der Waals surface area contributed by atoms with Crippen LogP contribution in [0, 0.1) is 20.8 Å². The van der Waals surface area contributed by atoms with Crippen molar-refractivity contribution in [1.82, 2.24) is 4.98 Å². The molecule has 21 heavy (non-hydrogen) atoms. The molecule has 0 aliphatic rings. The summed E-state index contributed by atoms with van der Waals surface area (Å²) < 4.78 is 0. The van der Waals surface area contributed by atoms with Crippen LogP contribution in [0.3, 0.4) is 0 Å². The van der Waals surface area contributed by atoms with Crippen molar-refractivity contribution in [3.8, 4) is 0 Å². The highest BCUT2D eigenvalue weighted by Crippen LogP contribution is 2.30. The molecular weight excluding hydrogens is 284 g/mol. The number of rotatable bonds is 5. The van der Waals surface area contributed by atoms with Crippen LogP contribution >= 0.6 is 11.3 Å². The zero-order chi connectivity index (χ0) is 15.6. The predicted octanol–water partition coefficient (Wildman–Crippen LogP) is 4.46. The Hall–Kier alpha value is -1.88. The van der Waals surface area contributed by atoms with E-state index in [9.17, 15) is 9.90 Å². The molecule has 0 atom stereocenters. The minimum absolute atomic E-state index is 0.335. The van der Waals surface area contributed by atoms with Crippen molar-refractivity contribution in [2.45, 2.75) is 40.5 Å². The summed E-state index contributed by atoms with van der Waals surface area (Å²) in [6.45, 7) is 8.17. The predicted molar refractivity (Wildman–Crippen MR) is 87.0 cm³/mol. The Bertz CT molecular complexity index is 654. The minimum Gasteiger partial charge on any atom is -0.477 e. The molecule has 112 valence electrons. The second-order valence-corrected chi connectivity index (χ2v) is 6.25. The SMILES string of the molecule is CCCc1nc(Nc2c(C)cc(C)cc2C)sc1C(=O)O. The second-order valence-electron chi connectivity index (χ2n) is 5.25. The molecule has 0 fully saturated rings. The lowest BCUT2D eigenvalue weighted by atomic mass is 10.1. The Balaban J connectivity index is 2.36. The van der Waals surface area contributed by atoms with E-state index < -0.39 is 5.97 Å². The number of carboxylic acid groups (broad SMARTS) is 1. The third kappa shape index (κ3) is 3.42. The van der Waals surface area contributed by atoms with Crippen molar-refractivity contribution in [2.75, 3.05) is 5.32 Å². The van der Waals surface area contributed by atoms with E-state index in [-0.39, 0.29) is 0 Å². The van der Waals surface area contributed by atoms with Crippen LogP contribution in [0.15, 0.2) is 12.1 Å². The molecule has 1 aromatic carbocycles. The van der Waals surface area contributed by atoms with Gasteiger partial charge in [-0.3, -0.25) is 0 Å². The van der Waals surface area contributed by atoms with Gasteiger partial charge in [0.25, 0.3) is 0 Å². The third-order valence-electron chi connectivity index (χ3n) is 3.29. The van der Waals surface area contributed by atoms with Crippen LogP contribution in [0.5, 0.6) is 0 Å². The monoisotopic (exact) mass is 304 g/mol. The molecule has 5 heteroatoms. The lowest BCUT2D eigenvalue weighted by molar-refractivity contribution is 0.0700. The van der Waals surface area contributed by atoms with Gasteiger partial charge in [0.15, 0.2) is 5.13 Å². The molecule has 0 spiro atoms. The molecule has 0 amide bonds. The smallest absolute Gasteiger partial charge is 0.347 e. The second kappa shape index (κ2) is 6.26. The Morgan fingerprint density at radius 2 is 1.90 bits per heavy atom. The van der Waals surface area contributed by atoms with Gasteiger partial charge in [0.2, 0.25) is 0 Å². The van der Waals surface area contributed by atoms with Gasteiger partial charge in [-0.25, -0.2) is 9.78 Å². The van der Waals surface area contributed by atoms with Crippen LogP contribution in [0.25, 0.3) is 0 Å². The van der Waals surface area contributed by atoms with Crippen LogP contribution in [-0.4, -0.2) is 16.1 Å². The maximum Gasteiger partial charge on any atom is 0.347 e. The highest BCUT2D eigenvalue weighted by molar-refractivity contribution is 7.17. The summed E-state index contributed by atoms with van der Waals surface area (Å²) in [6, 6.07) is 4.21. The summed E-state index contributed by atoms with van der Waals surface area (Å²) in [5.74, 6) is -0.902. The normalized spacial score (nSPS) is 10.7. The molecule has 0 saturated carbocycles. The van der Waals surface area contributed by atoms with Crippen molar-refractivity contribution in [3.63, 3.8) is 0 Å². The summed E-state index contributed by atoms with van der Waals surface area (Å²) >= 11 is 1.20. The van der Waals surface area contributed by atoms with Gasteiger partial charge in [-0.1, -0.05) is 42.4 Å². The highest BCUT2D eigenvalue weighted by atomic mass is 32.1. The molecule has 0 unspecified atom stereocenters. The lowest BCUT2D eigenvalue weighted by Crippen LogP contribution is -1.98. The first-order valence-corrected chi connectivity index (χ1v) is 7.82. The molecule has 0 aliphatic carbocycles. The lowest BCUT2D eigenvalue weighted by Gasteiger charge is -2.11. The summed E-state index contributed by atoms with van der Waals surface area (Å²) in [6.07, 6.45) is 1.57. The number of hydrogen-bond donors (Lipinski definition) is 2. The molecule has 2 N–H and O–H groups in total. The van der Waals surface area contributed by atoms with Gasteiger partial charge in [-0.05, 0) is 38.3 Å². The van der Waals surface area contributed by atoms with E-state index in [1.165, 1.54) is 16.9 Å². The maximum absolute atomic E-state index is 11.3. The topological polar surface area (TPSA) is 62.2 Å². The van der Waals surface area contributed by atoms with Gasteiger partial charge in [0.05, 0.1) is 5.69 Å². The summed E-state index contributed by atoms with van der Waals surface area (Å²) in [4.78, 5) is 16.1. The average Bonchev–Trinajstić information content (AvgIpc) is 2.77. The Kier molecular flexibility index (Phi) is 4.63. The quantitative estimate of drug-likeness (QED) is 0.856. The van der Waals surface area contributed by atoms with Gasteiger partial charge in [-0.2, -0.15) is 0 Å². The summed E-state index contributed by atoms with van der Waals surface area (Å²) in [5.41, 5.74) is 5.16. The maximum atomic E-state index is 11.3. The molecule has 0 aliphatic heterocycles. The largest absolute Gasteiger partial charge is 0.477 e. The van der Waals surface area contributed by atoms with Gasteiger partial charge < -0.3 is 10.4 Å². The van der Waals surface area contributed by atoms with E-state index in [1.807, 2.05) is 20.8 Å². The van der Waals surface area contributed by atoms with E-state index in [2.05, 4.69) is 29.4 Å². The summed E-state index contributed by atoms with van der Waals surface area (Å²) in [7, 11) is 0. The molecule has 0 radical (unpaired) electrons. The zero-order valence-electron chi connectivity index (χ0n) is 12.8. The number of carbonyl (C=O) groups is 1. The molecular formula is C16H20N2O2S. The fraction of sp³-hybridized carbons (Fsp3) is 0.375. The van der Waals surface area contributed by atoms with Crippen LogP contribution in [-0.2, 0) is 6.42 Å². The molecule has 1 aromatic heterocycles. The van der Waals surface area contributed by atoms with Crippen LogP contribution < -0.4 is 5.32 Å². The minimum atomic E-state index is -0.902. The van der Waals surface area contributed by atoms with Crippen LogP contribution in [0.2, 0.25) is 0 Å². The zero-order valence-corrected chi connectivity index (χ0v) is 13.6. The fourth-order valence-electron chi connectivity index (χ4n) is 2.46. The van der Waals surface area contributed by atoms with Crippen LogP contribution in [0.1, 0.15) is 45.4 Å². The first kappa shape index (κ1) is 15.5. The number of nitrogens with one attached hydrogen (secondary N) is 1. The molecule has 0 saturated heterocycles. The Labute approximate surface area is 128 Å². The average molecular weight is 304 g/mol. The molecule has 4 nitrogen and oxygen atoms in total. The van der Waals surface area contributed by atoms with E-state index in [0.717, 1.165) is 23.2 Å². The first-order valence-electron chi connectivity index (χ1n) is 7.00. The Morgan fingerprint density at radius 3 is 2.43 bits per heavy atom. The number of nitrogens with zero attached hydrogens (tertiary/aromatic N) is 1. The molecule has 1 heterocycles. The van der Waals surface area contributed by atoms with Crippen molar-refractivity contribution >= 4 is 28.1 Å². The van der Waals surface area contributed by atoms with Crippen LogP contribution in [0.4, 0.5) is 10.8 Å². The molecule has 0 bridgehead atoms. The van der Waals surface area contributed by atoms with Gasteiger partial charge in [0, 0.05) is 5.69 Å². The number of aromatic nitrogens is 1. The molecule has 2 aromatic rings. The van der Waals surface area contributed by atoms with E-state index in [4.69, 9.17) is 0 Å². The number of aromatic carboxylic acids is 1. The van der Waals surface area contributed by atoms with Gasteiger partial charge in [-0.15, -0.1) is 0 Å². The van der Waals surface area contributed by atoms with Crippen molar-refractivity contribution in [2.24, 2.45) is 0 Å². The number of thiazole rings is 1. The van der Waals surface area contributed by atoms with Gasteiger partial charge >= 0.3 is 5.97 Å². The summed E-state index contributed by atoms with van der Waals surface area (Å²) in [5, 5.41) is 13.2. The number of anilines is 2. The van der Waals surface area contributed by atoms with Crippen molar-refractivity contribution in [3.05, 3.63) is 39.4 Å². The Morgan fingerprint density at radius 1 is 1.29 bits per heavy atom. The standard InChI is InChI=1S/C16H20N2O2S/c1-5-6-12-14(15(19)20)21-16(17-12)18-13-10(3)7-9(2)8-11(13)4/h7-8H,5-6H2,1-4H3,(H,17,18)(H,19,20). The van der Waals surface area contributed by atoms with Gasteiger partial charge in [0.1, 0.15) is 4.88 Å². The first-order chi connectivity index (χ1) is 9.92.